The first kappa shape index (κ1) is 18.5. The van der Waals surface area contributed by atoms with Gasteiger partial charge < -0.3 is 20.6 Å². The summed E-state index contributed by atoms with van der Waals surface area (Å²) in [4.78, 5) is 14.5. The summed E-state index contributed by atoms with van der Waals surface area (Å²) in [5.41, 5.74) is 0. The minimum atomic E-state index is -0.0551. The summed E-state index contributed by atoms with van der Waals surface area (Å²) in [6.45, 7) is 6.35. The van der Waals surface area contributed by atoms with Crippen LogP contribution in [-0.2, 0) is 0 Å². The van der Waals surface area contributed by atoms with E-state index in [0.717, 1.165) is 38.3 Å². The zero-order valence-electron chi connectivity index (χ0n) is 14.7. The Morgan fingerprint density at radius 2 is 1.87 bits per heavy atom. The number of likely N-dealkylation sites (tertiary alicyclic amines) is 1. The van der Waals surface area contributed by atoms with Gasteiger partial charge in [0, 0.05) is 38.8 Å². The fourth-order valence-corrected chi connectivity index (χ4v) is 3.82. The third kappa shape index (κ3) is 7.08. The molecule has 1 saturated carbocycles. The van der Waals surface area contributed by atoms with E-state index in [0.29, 0.717) is 18.5 Å². The standard InChI is InChI=1S/C18H35N3O2/c1-15(9-12-22)13-19-18(23)20-17-7-10-21(11-8-17)14-16-5-3-2-4-6-16/h15-17,22H,2-14H2,1H3,(H2,19,20,23). The normalized spacial score (nSPS) is 22.7. The molecule has 5 heteroatoms. The zero-order valence-corrected chi connectivity index (χ0v) is 14.7. The Balaban J connectivity index is 1.57. The highest BCUT2D eigenvalue weighted by Crippen LogP contribution is 2.25. The molecular weight excluding hydrogens is 290 g/mol. The zero-order chi connectivity index (χ0) is 16.5. The first-order valence-electron chi connectivity index (χ1n) is 9.55. The Morgan fingerprint density at radius 1 is 1.17 bits per heavy atom. The Kier molecular flexibility index (Phi) is 8.17. The van der Waals surface area contributed by atoms with Crippen molar-refractivity contribution in [2.75, 3.05) is 32.8 Å². The van der Waals surface area contributed by atoms with Gasteiger partial charge in [0.1, 0.15) is 0 Å². The molecule has 2 amide bonds. The molecule has 1 aliphatic carbocycles. The van der Waals surface area contributed by atoms with Gasteiger partial charge in [0.05, 0.1) is 0 Å². The van der Waals surface area contributed by atoms with Crippen LogP contribution in [-0.4, -0.2) is 54.9 Å². The van der Waals surface area contributed by atoms with Gasteiger partial charge >= 0.3 is 6.03 Å². The molecule has 1 heterocycles. The summed E-state index contributed by atoms with van der Waals surface area (Å²) in [7, 11) is 0. The SMILES string of the molecule is CC(CCO)CNC(=O)NC1CCN(CC2CCCCC2)CC1. The summed E-state index contributed by atoms with van der Waals surface area (Å²) in [5, 5.41) is 14.9. The van der Waals surface area contributed by atoms with E-state index in [1.165, 1.54) is 38.6 Å². The highest BCUT2D eigenvalue weighted by Gasteiger charge is 2.23. The highest BCUT2D eigenvalue weighted by molar-refractivity contribution is 5.74. The first-order chi connectivity index (χ1) is 11.2. The summed E-state index contributed by atoms with van der Waals surface area (Å²) in [6.07, 6.45) is 9.93. The lowest BCUT2D eigenvalue weighted by Crippen LogP contribution is -2.49. The largest absolute Gasteiger partial charge is 0.396 e. The lowest BCUT2D eigenvalue weighted by Gasteiger charge is -2.35. The van der Waals surface area contributed by atoms with Crippen LogP contribution in [0.5, 0.6) is 0 Å². The molecule has 1 aliphatic heterocycles. The Bertz CT molecular complexity index is 337. The van der Waals surface area contributed by atoms with Crippen molar-refractivity contribution < 1.29 is 9.90 Å². The van der Waals surface area contributed by atoms with Gasteiger partial charge in [0.2, 0.25) is 0 Å². The number of nitrogens with zero attached hydrogens (tertiary/aromatic N) is 1. The monoisotopic (exact) mass is 325 g/mol. The van der Waals surface area contributed by atoms with E-state index >= 15 is 0 Å². The fraction of sp³-hybridized carbons (Fsp3) is 0.944. The Morgan fingerprint density at radius 3 is 2.52 bits per heavy atom. The number of carbonyl (C=O) groups is 1. The molecule has 2 aliphatic rings. The number of amides is 2. The molecule has 1 saturated heterocycles. The third-order valence-electron chi connectivity index (χ3n) is 5.40. The fourth-order valence-electron chi connectivity index (χ4n) is 3.82. The molecule has 1 unspecified atom stereocenters. The maximum absolute atomic E-state index is 11.9. The number of hydrogen-bond donors (Lipinski definition) is 3. The molecule has 23 heavy (non-hydrogen) atoms. The number of nitrogens with one attached hydrogen (secondary N) is 2. The van der Waals surface area contributed by atoms with Crippen molar-refractivity contribution in [2.24, 2.45) is 11.8 Å². The van der Waals surface area contributed by atoms with Crippen molar-refractivity contribution >= 4 is 6.03 Å². The van der Waals surface area contributed by atoms with Crippen LogP contribution in [0.25, 0.3) is 0 Å². The van der Waals surface area contributed by atoms with Crippen LogP contribution in [0.3, 0.4) is 0 Å². The second kappa shape index (κ2) is 10.1. The number of rotatable bonds is 7. The molecule has 0 bridgehead atoms. The molecule has 2 fully saturated rings. The molecule has 0 spiro atoms. The Labute approximate surface area is 141 Å². The number of urea groups is 1. The van der Waals surface area contributed by atoms with E-state index < -0.39 is 0 Å². The maximum atomic E-state index is 11.9. The van der Waals surface area contributed by atoms with Crippen molar-refractivity contribution in [3.8, 4) is 0 Å². The number of aliphatic hydroxyl groups is 1. The third-order valence-corrected chi connectivity index (χ3v) is 5.40. The maximum Gasteiger partial charge on any atom is 0.315 e. The van der Waals surface area contributed by atoms with Gasteiger partial charge in [-0.2, -0.15) is 0 Å². The summed E-state index contributed by atoms with van der Waals surface area (Å²) >= 11 is 0. The molecule has 0 radical (unpaired) electrons. The predicted octanol–water partition coefficient (Wildman–Crippen LogP) is 2.35. The van der Waals surface area contributed by atoms with Crippen molar-refractivity contribution in [3.05, 3.63) is 0 Å². The van der Waals surface area contributed by atoms with Gasteiger partial charge in [0.25, 0.3) is 0 Å². The smallest absolute Gasteiger partial charge is 0.315 e. The minimum Gasteiger partial charge on any atom is -0.396 e. The quantitative estimate of drug-likeness (QED) is 0.673. The van der Waals surface area contributed by atoms with Crippen molar-refractivity contribution in [2.45, 2.75) is 64.3 Å². The topological polar surface area (TPSA) is 64.6 Å². The van der Waals surface area contributed by atoms with Crippen LogP contribution in [0.2, 0.25) is 0 Å². The van der Waals surface area contributed by atoms with Crippen molar-refractivity contribution in [1.82, 2.24) is 15.5 Å². The van der Waals surface area contributed by atoms with Crippen LogP contribution in [0, 0.1) is 11.8 Å². The van der Waals surface area contributed by atoms with E-state index in [4.69, 9.17) is 5.11 Å². The van der Waals surface area contributed by atoms with Gasteiger partial charge in [-0.25, -0.2) is 4.79 Å². The highest BCUT2D eigenvalue weighted by atomic mass is 16.3. The van der Waals surface area contributed by atoms with Crippen molar-refractivity contribution in [1.29, 1.82) is 0 Å². The van der Waals surface area contributed by atoms with Crippen molar-refractivity contribution in [3.63, 3.8) is 0 Å². The number of hydrogen-bond acceptors (Lipinski definition) is 3. The molecule has 0 aromatic rings. The van der Waals surface area contributed by atoms with Gasteiger partial charge in [-0.3, -0.25) is 0 Å². The van der Waals surface area contributed by atoms with E-state index in [9.17, 15) is 4.79 Å². The second-order valence-corrected chi connectivity index (χ2v) is 7.55. The molecule has 5 nitrogen and oxygen atoms in total. The first-order valence-corrected chi connectivity index (χ1v) is 9.55. The van der Waals surface area contributed by atoms with Crippen LogP contribution >= 0.6 is 0 Å². The number of piperidine rings is 1. The summed E-state index contributed by atoms with van der Waals surface area (Å²) in [5.74, 6) is 1.23. The summed E-state index contributed by atoms with van der Waals surface area (Å²) in [6, 6.07) is 0.256. The van der Waals surface area contributed by atoms with E-state index in [1.54, 1.807) is 0 Å². The van der Waals surface area contributed by atoms with Crippen LogP contribution in [0.1, 0.15) is 58.3 Å². The van der Waals surface area contributed by atoms with Gasteiger partial charge in [-0.1, -0.05) is 26.2 Å². The lowest BCUT2D eigenvalue weighted by molar-refractivity contribution is 0.155. The second-order valence-electron chi connectivity index (χ2n) is 7.55. The van der Waals surface area contributed by atoms with E-state index in [2.05, 4.69) is 15.5 Å². The van der Waals surface area contributed by atoms with Crippen LogP contribution in [0.4, 0.5) is 4.79 Å². The average molecular weight is 325 g/mol. The molecule has 134 valence electrons. The lowest BCUT2D eigenvalue weighted by atomic mass is 9.88. The molecular formula is C18H35N3O2. The Hall–Kier alpha value is -0.810. The predicted molar refractivity (Wildman–Crippen MR) is 93.4 cm³/mol. The molecule has 0 aromatic carbocycles. The van der Waals surface area contributed by atoms with Crippen LogP contribution in [0.15, 0.2) is 0 Å². The molecule has 3 N–H and O–H groups in total. The van der Waals surface area contributed by atoms with Gasteiger partial charge in [-0.05, 0) is 43.9 Å². The van der Waals surface area contributed by atoms with Gasteiger partial charge in [0.15, 0.2) is 0 Å². The molecule has 0 aromatic heterocycles. The average Bonchev–Trinajstić information content (AvgIpc) is 2.56. The number of aliphatic hydroxyl groups excluding tert-OH is 1. The molecule has 2 rings (SSSR count). The minimum absolute atomic E-state index is 0.0551. The van der Waals surface area contributed by atoms with Gasteiger partial charge in [-0.15, -0.1) is 0 Å². The number of carbonyl (C=O) groups excluding carboxylic acids is 1. The van der Waals surface area contributed by atoms with E-state index in [1.807, 2.05) is 6.92 Å². The van der Waals surface area contributed by atoms with Crippen LogP contribution < -0.4 is 10.6 Å². The summed E-state index contributed by atoms with van der Waals surface area (Å²) < 4.78 is 0. The van der Waals surface area contributed by atoms with E-state index in [-0.39, 0.29) is 12.6 Å². The molecule has 1 atom stereocenters.